The fraction of sp³-hybridized carbons (Fsp3) is 0.312. The molecule has 0 aliphatic heterocycles. The first-order valence-electron chi connectivity index (χ1n) is 7.23. The molecule has 2 N–H and O–H groups in total. The summed E-state index contributed by atoms with van der Waals surface area (Å²) in [5.74, 6) is 0.0872. The van der Waals surface area contributed by atoms with Crippen molar-refractivity contribution in [3.63, 3.8) is 0 Å². The minimum Gasteiger partial charge on any atom is -0.325 e. The minimum absolute atomic E-state index is 0.115. The predicted octanol–water partition coefficient (Wildman–Crippen LogP) is 2.63. The van der Waals surface area contributed by atoms with E-state index in [-0.39, 0.29) is 17.2 Å². The molecule has 1 heterocycles. The quantitative estimate of drug-likeness (QED) is 0.634. The Hall–Kier alpha value is -2.08. The lowest BCUT2D eigenvalue weighted by Gasteiger charge is -2.09. The molecule has 0 aliphatic rings. The van der Waals surface area contributed by atoms with Crippen LogP contribution in [0.5, 0.6) is 0 Å². The van der Waals surface area contributed by atoms with Crippen LogP contribution in [0.1, 0.15) is 25.1 Å². The van der Waals surface area contributed by atoms with Gasteiger partial charge in [0.2, 0.25) is 5.91 Å². The summed E-state index contributed by atoms with van der Waals surface area (Å²) in [6.07, 6.45) is 1.55. The van der Waals surface area contributed by atoms with Gasteiger partial charge in [0.25, 0.3) is 5.56 Å². The Morgan fingerprint density at radius 3 is 2.77 bits per heavy atom. The SMILES string of the molecule is CCc1cc(=O)[nH]c(SCC(=O)Nc2ccccc2CC)n1. The molecule has 0 bridgehead atoms. The van der Waals surface area contributed by atoms with Crippen LogP contribution >= 0.6 is 11.8 Å². The number of benzene rings is 1. The molecule has 0 saturated carbocycles. The lowest BCUT2D eigenvalue weighted by molar-refractivity contribution is -0.113. The number of aromatic amines is 1. The smallest absolute Gasteiger partial charge is 0.251 e. The second kappa shape index (κ2) is 7.79. The summed E-state index contributed by atoms with van der Waals surface area (Å²) in [4.78, 5) is 30.5. The summed E-state index contributed by atoms with van der Waals surface area (Å²) in [7, 11) is 0. The minimum atomic E-state index is -0.189. The monoisotopic (exact) mass is 317 g/mol. The third-order valence-corrected chi connectivity index (χ3v) is 4.02. The second-order valence-electron chi connectivity index (χ2n) is 4.74. The molecule has 1 amide bonds. The maximum Gasteiger partial charge on any atom is 0.251 e. The fourth-order valence-corrected chi connectivity index (χ4v) is 2.70. The van der Waals surface area contributed by atoms with Crippen molar-refractivity contribution < 1.29 is 4.79 Å². The average molecular weight is 317 g/mol. The summed E-state index contributed by atoms with van der Waals surface area (Å²) in [5, 5.41) is 3.37. The van der Waals surface area contributed by atoms with E-state index in [1.54, 1.807) is 0 Å². The Kier molecular flexibility index (Phi) is 5.77. The van der Waals surface area contributed by atoms with Gasteiger partial charge in [0.05, 0.1) is 5.75 Å². The molecule has 0 atom stereocenters. The number of aryl methyl sites for hydroxylation is 2. The number of anilines is 1. The lowest BCUT2D eigenvalue weighted by Crippen LogP contribution is -2.16. The number of para-hydroxylation sites is 1. The molecular formula is C16H19N3O2S. The lowest BCUT2D eigenvalue weighted by atomic mass is 10.1. The molecule has 2 rings (SSSR count). The zero-order valence-electron chi connectivity index (χ0n) is 12.7. The number of carbonyl (C=O) groups excluding carboxylic acids is 1. The van der Waals surface area contributed by atoms with Gasteiger partial charge in [-0.15, -0.1) is 0 Å². The van der Waals surface area contributed by atoms with Gasteiger partial charge in [0.1, 0.15) is 0 Å². The van der Waals surface area contributed by atoms with Crippen LogP contribution in [0.3, 0.4) is 0 Å². The summed E-state index contributed by atoms with van der Waals surface area (Å²) >= 11 is 1.23. The van der Waals surface area contributed by atoms with Crippen molar-refractivity contribution in [1.29, 1.82) is 0 Å². The molecule has 0 aliphatic carbocycles. The van der Waals surface area contributed by atoms with E-state index in [0.29, 0.717) is 11.6 Å². The van der Waals surface area contributed by atoms with Gasteiger partial charge in [0.15, 0.2) is 5.16 Å². The van der Waals surface area contributed by atoms with Crippen LogP contribution in [0.25, 0.3) is 0 Å². The Morgan fingerprint density at radius 2 is 2.05 bits per heavy atom. The number of carbonyl (C=O) groups is 1. The first kappa shape index (κ1) is 16.3. The van der Waals surface area contributed by atoms with Crippen LogP contribution in [-0.4, -0.2) is 21.6 Å². The van der Waals surface area contributed by atoms with E-state index in [4.69, 9.17) is 0 Å². The van der Waals surface area contributed by atoms with Crippen LogP contribution in [0.4, 0.5) is 5.69 Å². The van der Waals surface area contributed by atoms with Crippen LogP contribution in [0.2, 0.25) is 0 Å². The molecule has 2 aromatic rings. The van der Waals surface area contributed by atoms with E-state index in [1.165, 1.54) is 17.8 Å². The molecule has 6 heteroatoms. The van der Waals surface area contributed by atoms with Gasteiger partial charge >= 0.3 is 0 Å². The average Bonchev–Trinajstić information content (AvgIpc) is 2.53. The van der Waals surface area contributed by atoms with Crippen molar-refractivity contribution in [2.24, 2.45) is 0 Å². The summed E-state index contributed by atoms with van der Waals surface area (Å²) in [5.41, 5.74) is 2.47. The highest BCUT2D eigenvalue weighted by molar-refractivity contribution is 7.99. The highest BCUT2D eigenvalue weighted by Crippen LogP contribution is 2.17. The normalized spacial score (nSPS) is 10.5. The van der Waals surface area contributed by atoms with Gasteiger partial charge in [-0.3, -0.25) is 9.59 Å². The molecule has 1 aromatic carbocycles. The maximum atomic E-state index is 12.0. The largest absolute Gasteiger partial charge is 0.325 e. The number of thioether (sulfide) groups is 1. The predicted molar refractivity (Wildman–Crippen MR) is 89.4 cm³/mol. The molecule has 0 radical (unpaired) electrons. The number of amides is 1. The maximum absolute atomic E-state index is 12.0. The van der Waals surface area contributed by atoms with E-state index in [0.717, 1.165) is 23.4 Å². The number of hydrogen-bond donors (Lipinski definition) is 2. The van der Waals surface area contributed by atoms with Gasteiger partial charge in [-0.2, -0.15) is 0 Å². The number of nitrogens with zero attached hydrogens (tertiary/aromatic N) is 1. The number of hydrogen-bond acceptors (Lipinski definition) is 4. The molecule has 22 heavy (non-hydrogen) atoms. The first-order chi connectivity index (χ1) is 10.6. The van der Waals surface area contributed by atoms with Crippen molar-refractivity contribution in [3.8, 4) is 0 Å². The number of nitrogens with one attached hydrogen (secondary N) is 2. The van der Waals surface area contributed by atoms with E-state index in [1.807, 2.05) is 38.1 Å². The van der Waals surface area contributed by atoms with Gasteiger partial charge < -0.3 is 10.3 Å². The molecule has 0 saturated heterocycles. The number of rotatable bonds is 6. The standard InChI is InChI=1S/C16H19N3O2S/c1-3-11-7-5-6-8-13(11)18-15(21)10-22-16-17-12(4-2)9-14(20)19-16/h5-9H,3-4,10H2,1-2H3,(H,18,21)(H,17,19,20). The molecule has 5 nitrogen and oxygen atoms in total. The zero-order chi connectivity index (χ0) is 15.9. The van der Waals surface area contributed by atoms with E-state index in [2.05, 4.69) is 15.3 Å². The molecular weight excluding hydrogens is 298 g/mol. The van der Waals surface area contributed by atoms with Crippen LogP contribution in [0, 0.1) is 0 Å². The van der Waals surface area contributed by atoms with Gasteiger partial charge in [-0.25, -0.2) is 4.98 Å². The Balaban J connectivity index is 1.98. The van der Waals surface area contributed by atoms with Crippen molar-refractivity contribution >= 4 is 23.4 Å². The third kappa shape index (κ3) is 4.46. The third-order valence-electron chi connectivity index (χ3n) is 3.15. The number of H-pyrrole nitrogens is 1. The summed E-state index contributed by atoms with van der Waals surface area (Å²) in [6, 6.07) is 9.20. The van der Waals surface area contributed by atoms with Crippen molar-refractivity contribution in [3.05, 3.63) is 51.9 Å². The molecule has 116 valence electrons. The molecule has 0 unspecified atom stereocenters. The van der Waals surface area contributed by atoms with Gasteiger partial charge in [-0.1, -0.05) is 43.8 Å². The number of aromatic nitrogens is 2. The second-order valence-corrected chi connectivity index (χ2v) is 5.71. The van der Waals surface area contributed by atoms with E-state index < -0.39 is 0 Å². The van der Waals surface area contributed by atoms with Crippen LogP contribution < -0.4 is 10.9 Å². The van der Waals surface area contributed by atoms with E-state index in [9.17, 15) is 9.59 Å². The molecule has 1 aromatic heterocycles. The summed E-state index contributed by atoms with van der Waals surface area (Å²) < 4.78 is 0. The first-order valence-corrected chi connectivity index (χ1v) is 8.21. The highest BCUT2D eigenvalue weighted by Gasteiger charge is 2.08. The van der Waals surface area contributed by atoms with Crippen LogP contribution in [0.15, 0.2) is 40.3 Å². The van der Waals surface area contributed by atoms with Gasteiger partial charge in [-0.05, 0) is 24.5 Å². The van der Waals surface area contributed by atoms with Crippen LogP contribution in [-0.2, 0) is 17.6 Å². The highest BCUT2D eigenvalue weighted by atomic mass is 32.2. The van der Waals surface area contributed by atoms with Gasteiger partial charge in [0, 0.05) is 17.4 Å². The van der Waals surface area contributed by atoms with Crippen molar-refractivity contribution in [2.75, 3.05) is 11.1 Å². The van der Waals surface area contributed by atoms with Crippen molar-refractivity contribution in [1.82, 2.24) is 9.97 Å². The Bertz CT molecular complexity index is 713. The zero-order valence-corrected chi connectivity index (χ0v) is 13.5. The topological polar surface area (TPSA) is 74.8 Å². The molecule has 0 fully saturated rings. The summed E-state index contributed by atoms with van der Waals surface area (Å²) in [6.45, 7) is 3.98. The molecule has 0 spiro atoms. The van der Waals surface area contributed by atoms with Crippen molar-refractivity contribution in [2.45, 2.75) is 31.8 Å². The Labute approximate surface area is 133 Å². The van der Waals surface area contributed by atoms with E-state index >= 15 is 0 Å². The fourth-order valence-electron chi connectivity index (χ4n) is 2.00. The Morgan fingerprint density at radius 1 is 1.27 bits per heavy atom.